The average molecular weight is 304 g/mol. The van der Waals surface area contributed by atoms with E-state index in [1.165, 1.54) is 32.1 Å². The molecule has 122 valence electrons. The highest BCUT2D eigenvalue weighted by Crippen LogP contribution is 2.29. The summed E-state index contributed by atoms with van der Waals surface area (Å²) in [5.74, 6) is 0.681. The predicted octanol–water partition coefficient (Wildman–Crippen LogP) is 2.67. The van der Waals surface area contributed by atoms with Gasteiger partial charge >= 0.3 is 0 Å². The van der Waals surface area contributed by atoms with Crippen molar-refractivity contribution in [1.82, 2.24) is 5.32 Å². The molecule has 1 atom stereocenters. The molecule has 1 aromatic rings. The van der Waals surface area contributed by atoms with Crippen molar-refractivity contribution in [2.45, 2.75) is 32.1 Å². The SMILES string of the molecule is CN(C)c1ccc(C(=O)NCC(CO)C2CCCCC2)cc1. The second-order valence-corrected chi connectivity index (χ2v) is 6.49. The van der Waals surface area contributed by atoms with Crippen LogP contribution in [-0.4, -0.2) is 38.3 Å². The van der Waals surface area contributed by atoms with Gasteiger partial charge in [0.1, 0.15) is 0 Å². The smallest absolute Gasteiger partial charge is 0.251 e. The van der Waals surface area contributed by atoms with Gasteiger partial charge in [-0.15, -0.1) is 0 Å². The summed E-state index contributed by atoms with van der Waals surface area (Å²) >= 11 is 0. The van der Waals surface area contributed by atoms with Gasteiger partial charge in [-0.25, -0.2) is 0 Å². The molecule has 1 fully saturated rings. The van der Waals surface area contributed by atoms with Crippen LogP contribution in [0, 0.1) is 11.8 Å². The molecule has 0 saturated heterocycles. The van der Waals surface area contributed by atoms with Gasteiger partial charge in [0.05, 0.1) is 0 Å². The summed E-state index contributed by atoms with van der Waals surface area (Å²) in [7, 11) is 3.95. The Kier molecular flexibility index (Phi) is 6.25. The first-order chi connectivity index (χ1) is 10.6. The molecule has 0 bridgehead atoms. The van der Waals surface area contributed by atoms with Gasteiger partial charge in [-0.2, -0.15) is 0 Å². The molecule has 1 aliphatic carbocycles. The fourth-order valence-electron chi connectivity index (χ4n) is 3.22. The minimum absolute atomic E-state index is 0.0560. The maximum atomic E-state index is 12.2. The van der Waals surface area contributed by atoms with E-state index in [2.05, 4.69) is 5.32 Å². The number of hydrogen-bond donors (Lipinski definition) is 2. The van der Waals surface area contributed by atoms with E-state index >= 15 is 0 Å². The lowest BCUT2D eigenvalue weighted by atomic mass is 9.80. The van der Waals surface area contributed by atoms with Gasteiger partial charge < -0.3 is 15.3 Å². The maximum absolute atomic E-state index is 12.2. The summed E-state index contributed by atoms with van der Waals surface area (Å²) in [5.41, 5.74) is 1.75. The zero-order valence-electron chi connectivity index (χ0n) is 13.7. The number of carbonyl (C=O) groups is 1. The van der Waals surface area contributed by atoms with Crippen LogP contribution in [0.2, 0.25) is 0 Å². The molecular weight excluding hydrogens is 276 g/mol. The number of anilines is 1. The van der Waals surface area contributed by atoms with Gasteiger partial charge in [0.2, 0.25) is 0 Å². The summed E-state index contributed by atoms with van der Waals surface area (Å²) in [6.07, 6.45) is 6.17. The molecule has 0 spiro atoms. The van der Waals surface area contributed by atoms with E-state index in [0.29, 0.717) is 18.0 Å². The molecule has 4 heteroatoms. The highest BCUT2D eigenvalue weighted by molar-refractivity contribution is 5.94. The Morgan fingerprint density at radius 1 is 1.23 bits per heavy atom. The number of aliphatic hydroxyl groups is 1. The summed E-state index contributed by atoms with van der Waals surface area (Å²) in [6, 6.07) is 7.58. The lowest BCUT2D eigenvalue weighted by molar-refractivity contribution is 0.0914. The normalized spacial score (nSPS) is 17.0. The third kappa shape index (κ3) is 4.47. The van der Waals surface area contributed by atoms with Crippen molar-refractivity contribution in [1.29, 1.82) is 0 Å². The van der Waals surface area contributed by atoms with Gasteiger partial charge in [-0.1, -0.05) is 32.1 Å². The van der Waals surface area contributed by atoms with Crippen molar-refractivity contribution >= 4 is 11.6 Å². The lowest BCUT2D eigenvalue weighted by Crippen LogP contribution is -2.35. The summed E-state index contributed by atoms with van der Waals surface area (Å²) in [5, 5.41) is 12.6. The zero-order valence-corrected chi connectivity index (χ0v) is 13.7. The van der Waals surface area contributed by atoms with E-state index in [1.807, 2.05) is 43.3 Å². The van der Waals surface area contributed by atoms with E-state index in [-0.39, 0.29) is 18.4 Å². The molecule has 22 heavy (non-hydrogen) atoms. The Morgan fingerprint density at radius 2 is 1.86 bits per heavy atom. The van der Waals surface area contributed by atoms with Gasteiger partial charge in [-0.05, 0) is 30.2 Å². The van der Waals surface area contributed by atoms with E-state index < -0.39 is 0 Å². The van der Waals surface area contributed by atoms with Crippen LogP contribution < -0.4 is 10.2 Å². The first kappa shape index (κ1) is 16.8. The standard InChI is InChI=1S/C18H28N2O2/c1-20(2)17-10-8-15(9-11-17)18(22)19-12-16(13-21)14-6-4-3-5-7-14/h8-11,14,16,21H,3-7,12-13H2,1-2H3,(H,19,22). The molecule has 1 saturated carbocycles. The van der Waals surface area contributed by atoms with Crippen LogP contribution in [-0.2, 0) is 0 Å². The van der Waals surface area contributed by atoms with Crippen molar-refractivity contribution in [2.24, 2.45) is 11.8 Å². The Balaban J connectivity index is 1.87. The molecule has 1 aliphatic rings. The van der Waals surface area contributed by atoms with Crippen LogP contribution in [0.5, 0.6) is 0 Å². The van der Waals surface area contributed by atoms with Gasteiger partial charge in [0, 0.05) is 44.4 Å². The number of amides is 1. The number of nitrogens with zero attached hydrogens (tertiary/aromatic N) is 1. The monoisotopic (exact) mass is 304 g/mol. The number of benzene rings is 1. The summed E-state index contributed by atoms with van der Waals surface area (Å²) in [6.45, 7) is 0.722. The van der Waals surface area contributed by atoms with Crippen LogP contribution in [0.3, 0.4) is 0 Å². The van der Waals surface area contributed by atoms with E-state index in [1.54, 1.807) is 0 Å². The third-order valence-corrected chi connectivity index (χ3v) is 4.72. The first-order valence-corrected chi connectivity index (χ1v) is 8.28. The molecule has 0 heterocycles. The molecular formula is C18H28N2O2. The van der Waals surface area contributed by atoms with E-state index in [4.69, 9.17) is 0 Å². The summed E-state index contributed by atoms with van der Waals surface area (Å²) < 4.78 is 0. The average Bonchev–Trinajstić information content (AvgIpc) is 2.56. The zero-order chi connectivity index (χ0) is 15.9. The van der Waals surface area contributed by atoms with Crippen molar-refractivity contribution in [3.05, 3.63) is 29.8 Å². The number of hydrogen-bond acceptors (Lipinski definition) is 3. The largest absolute Gasteiger partial charge is 0.396 e. The highest BCUT2D eigenvalue weighted by atomic mass is 16.3. The van der Waals surface area contributed by atoms with Crippen LogP contribution in [0.25, 0.3) is 0 Å². The van der Waals surface area contributed by atoms with Crippen molar-refractivity contribution in [3.63, 3.8) is 0 Å². The minimum atomic E-state index is -0.0560. The molecule has 0 radical (unpaired) electrons. The molecule has 1 unspecified atom stereocenters. The van der Waals surface area contributed by atoms with Crippen LogP contribution in [0.4, 0.5) is 5.69 Å². The lowest BCUT2D eigenvalue weighted by Gasteiger charge is -2.29. The maximum Gasteiger partial charge on any atom is 0.251 e. The van der Waals surface area contributed by atoms with Crippen molar-refractivity contribution in [3.8, 4) is 0 Å². The first-order valence-electron chi connectivity index (χ1n) is 8.28. The van der Waals surface area contributed by atoms with Crippen LogP contribution >= 0.6 is 0 Å². The molecule has 2 rings (SSSR count). The van der Waals surface area contributed by atoms with E-state index in [0.717, 1.165) is 5.69 Å². The highest BCUT2D eigenvalue weighted by Gasteiger charge is 2.23. The van der Waals surface area contributed by atoms with E-state index in [9.17, 15) is 9.90 Å². The van der Waals surface area contributed by atoms with Gasteiger partial charge in [0.15, 0.2) is 0 Å². The number of rotatable bonds is 6. The molecule has 0 aliphatic heterocycles. The number of carbonyl (C=O) groups excluding carboxylic acids is 1. The fraction of sp³-hybridized carbons (Fsp3) is 0.611. The number of nitrogens with one attached hydrogen (secondary N) is 1. The van der Waals surface area contributed by atoms with Gasteiger partial charge in [-0.3, -0.25) is 4.79 Å². The Morgan fingerprint density at radius 3 is 2.41 bits per heavy atom. The second-order valence-electron chi connectivity index (χ2n) is 6.49. The summed E-state index contributed by atoms with van der Waals surface area (Å²) in [4.78, 5) is 14.2. The fourth-order valence-corrected chi connectivity index (χ4v) is 3.22. The minimum Gasteiger partial charge on any atom is -0.396 e. The Hall–Kier alpha value is -1.55. The Labute approximate surface area is 133 Å². The molecule has 2 N–H and O–H groups in total. The second kappa shape index (κ2) is 8.18. The Bertz CT molecular complexity index is 464. The number of aliphatic hydroxyl groups excluding tert-OH is 1. The predicted molar refractivity (Wildman–Crippen MR) is 90.3 cm³/mol. The van der Waals surface area contributed by atoms with Crippen molar-refractivity contribution < 1.29 is 9.90 Å². The van der Waals surface area contributed by atoms with Gasteiger partial charge in [0.25, 0.3) is 5.91 Å². The third-order valence-electron chi connectivity index (χ3n) is 4.72. The quantitative estimate of drug-likeness (QED) is 0.849. The molecule has 1 amide bonds. The molecule has 1 aromatic carbocycles. The topological polar surface area (TPSA) is 52.6 Å². The van der Waals surface area contributed by atoms with Crippen LogP contribution in [0.1, 0.15) is 42.5 Å². The van der Waals surface area contributed by atoms with Crippen LogP contribution in [0.15, 0.2) is 24.3 Å². The molecule has 4 nitrogen and oxygen atoms in total. The van der Waals surface area contributed by atoms with Crippen molar-refractivity contribution in [2.75, 3.05) is 32.1 Å². The molecule has 0 aromatic heterocycles.